The highest BCUT2D eigenvalue weighted by Gasteiger charge is 2.34. The molecule has 1 heterocycles. The lowest BCUT2D eigenvalue weighted by atomic mass is 9.96. The van der Waals surface area contributed by atoms with Crippen LogP contribution in [0.1, 0.15) is 27.2 Å². The van der Waals surface area contributed by atoms with Crippen molar-refractivity contribution >= 4 is 12.1 Å². The van der Waals surface area contributed by atoms with E-state index in [2.05, 4.69) is 5.32 Å². The van der Waals surface area contributed by atoms with Crippen molar-refractivity contribution in [3.63, 3.8) is 0 Å². The van der Waals surface area contributed by atoms with Crippen LogP contribution in [0.4, 0.5) is 4.79 Å². The zero-order chi connectivity index (χ0) is 13.8. The van der Waals surface area contributed by atoms with Gasteiger partial charge in [-0.1, -0.05) is 0 Å². The molecule has 0 aliphatic carbocycles. The van der Waals surface area contributed by atoms with E-state index in [4.69, 9.17) is 14.2 Å². The maximum absolute atomic E-state index is 11.7. The number of alkyl carbamates (subject to hydrolysis) is 1. The van der Waals surface area contributed by atoms with Crippen molar-refractivity contribution in [3.05, 3.63) is 0 Å². The number of carbonyl (C=O) groups is 2. The van der Waals surface area contributed by atoms with Crippen LogP contribution in [0.25, 0.3) is 0 Å². The van der Waals surface area contributed by atoms with Gasteiger partial charge in [0.05, 0.1) is 13.7 Å². The van der Waals surface area contributed by atoms with Gasteiger partial charge >= 0.3 is 12.1 Å². The Kier molecular flexibility index (Phi) is 4.95. The zero-order valence-electron chi connectivity index (χ0n) is 11.3. The Morgan fingerprint density at radius 1 is 1.33 bits per heavy atom. The first-order chi connectivity index (χ1) is 8.33. The van der Waals surface area contributed by atoms with Gasteiger partial charge in [0.15, 0.2) is 0 Å². The SMILES string of the molecule is COC(=O)C1COCCC1NC(=O)OC(C)(C)C. The second kappa shape index (κ2) is 6.04. The van der Waals surface area contributed by atoms with E-state index in [1.165, 1.54) is 7.11 Å². The monoisotopic (exact) mass is 259 g/mol. The van der Waals surface area contributed by atoms with Crippen LogP contribution in [0.2, 0.25) is 0 Å². The van der Waals surface area contributed by atoms with E-state index in [1.54, 1.807) is 20.8 Å². The molecule has 6 heteroatoms. The number of methoxy groups -OCH3 is 1. The molecule has 1 fully saturated rings. The van der Waals surface area contributed by atoms with E-state index in [0.717, 1.165) is 0 Å². The molecular weight excluding hydrogens is 238 g/mol. The number of rotatable bonds is 2. The summed E-state index contributed by atoms with van der Waals surface area (Å²) in [5.74, 6) is -0.855. The maximum atomic E-state index is 11.7. The van der Waals surface area contributed by atoms with Gasteiger partial charge in [-0.05, 0) is 27.2 Å². The van der Waals surface area contributed by atoms with Gasteiger partial charge in [-0.15, -0.1) is 0 Å². The number of ether oxygens (including phenoxy) is 3. The number of hydrogen-bond acceptors (Lipinski definition) is 5. The van der Waals surface area contributed by atoms with E-state index in [0.29, 0.717) is 13.0 Å². The van der Waals surface area contributed by atoms with Crippen molar-refractivity contribution in [2.75, 3.05) is 20.3 Å². The van der Waals surface area contributed by atoms with Crippen molar-refractivity contribution in [1.29, 1.82) is 0 Å². The van der Waals surface area contributed by atoms with Gasteiger partial charge in [-0.3, -0.25) is 4.79 Å². The normalized spacial score (nSPS) is 24.2. The molecule has 6 nitrogen and oxygen atoms in total. The van der Waals surface area contributed by atoms with Crippen LogP contribution in [0.15, 0.2) is 0 Å². The molecule has 0 aromatic rings. The van der Waals surface area contributed by atoms with Gasteiger partial charge in [-0.25, -0.2) is 4.79 Å². The summed E-state index contributed by atoms with van der Waals surface area (Å²) in [6, 6.07) is -0.305. The molecule has 1 rings (SSSR count). The summed E-state index contributed by atoms with van der Waals surface area (Å²) in [5.41, 5.74) is -0.560. The summed E-state index contributed by atoms with van der Waals surface area (Å²) in [4.78, 5) is 23.2. The Bertz CT molecular complexity index is 310. The minimum Gasteiger partial charge on any atom is -0.469 e. The fourth-order valence-corrected chi connectivity index (χ4v) is 1.75. The molecule has 2 atom stereocenters. The summed E-state index contributed by atoms with van der Waals surface area (Å²) < 4.78 is 15.1. The standard InChI is InChI=1S/C12H21NO5/c1-12(2,3)18-11(15)13-9-5-6-17-7-8(9)10(14)16-4/h8-9H,5-7H2,1-4H3,(H,13,15). The molecule has 0 spiro atoms. The zero-order valence-corrected chi connectivity index (χ0v) is 11.3. The van der Waals surface area contributed by atoms with E-state index in [-0.39, 0.29) is 18.6 Å². The van der Waals surface area contributed by atoms with Crippen molar-refractivity contribution in [3.8, 4) is 0 Å². The van der Waals surface area contributed by atoms with Crippen LogP contribution in [0, 0.1) is 5.92 Å². The summed E-state index contributed by atoms with van der Waals surface area (Å²) >= 11 is 0. The van der Waals surface area contributed by atoms with Crippen LogP contribution in [0.3, 0.4) is 0 Å². The third-order valence-electron chi connectivity index (χ3n) is 2.56. The van der Waals surface area contributed by atoms with Gasteiger partial charge in [0.2, 0.25) is 0 Å². The third-order valence-corrected chi connectivity index (χ3v) is 2.56. The van der Waals surface area contributed by atoms with Crippen molar-refractivity contribution < 1.29 is 23.8 Å². The van der Waals surface area contributed by atoms with E-state index < -0.39 is 17.6 Å². The molecule has 1 N–H and O–H groups in total. The molecule has 18 heavy (non-hydrogen) atoms. The Balaban J connectivity index is 2.57. The van der Waals surface area contributed by atoms with Crippen molar-refractivity contribution in [1.82, 2.24) is 5.32 Å². The molecule has 1 aliphatic heterocycles. The summed E-state index contributed by atoms with van der Waals surface area (Å²) in [6.45, 7) is 6.12. The highest BCUT2D eigenvalue weighted by Crippen LogP contribution is 2.17. The Labute approximate surface area is 107 Å². The fraction of sp³-hybridized carbons (Fsp3) is 0.833. The lowest BCUT2D eigenvalue weighted by Crippen LogP contribution is -2.50. The molecule has 0 bridgehead atoms. The lowest BCUT2D eigenvalue weighted by molar-refractivity contribution is -0.151. The smallest absolute Gasteiger partial charge is 0.407 e. The molecular formula is C12H21NO5. The molecule has 0 saturated carbocycles. The molecule has 0 radical (unpaired) electrons. The average molecular weight is 259 g/mol. The summed E-state index contributed by atoms with van der Waals surface area (Å²) in [5, 5.41) is 2.70. The van der Waals surface area contributed by atoms with Gasteiger partial charge < -0.3 is 19.5 Å². The van der Waals surface area contributed by atoms with E-state index in [9.17, 15) is 9.59 Å². The number of nitrogens with one attached hydrogen (secondary N) is 1. The summed E-state index contributed by atoms with van der Waals surface area (Å²) in [6.07, 6.45) is 0.0437. The minimum absolute atomic E-state index is 0.257. The number of esters is 1. The first-order valence-corrected chi connectivity index (χ1v) is 5.98. The largest absolute Gasteiger partial charge is 0.469 e. The number of hydrogen-bond donors (Lipinski definition) is 1. The van der Waals surface area contributed by atoms with Crippen LogP contribution < -0.4 is 5.32 Å². The second-order valence-corrected chi connectivity index (χ2v) is 5.25. The van der Waals surface area contributed by atoms with Gasteiger partial charge in [0.25, 0.3) is 0 Å². The first kappa shape index (κ1) is 14.8. The Morgan fingerprint density at radius 2 is 2.00 bits per heavy atom. The van der Waals surface area contributed by atoms with Crippen molar-refractivity contribution in [2.45, 2.75) is 38.8 Å². The number of amides is 1. The van der Waals surface area contributed by atoms with E-state index >= 15 is 0 Å². The maximum Gasteiger partial charge on any atom is 0.407 e. The number of carbonyl (C=O) groups excluding carboxylic acids is 2. The van der Waals surface area contributed by atoms with E-state index in [1.807, 2.05) is 0 Å². The quantitative estimate of drug-likeness (QED) is 0.751. The first-order valence-electron chi connectivity index (χ1n) is 5.98. The second-order valence-electron chi connectivity index (χ2n) is 5.25. The predicted octanol–water partition coefficient (Wildman–Crippen LogP) is 1.09. The molecule has 104 valence electrons. The predicted molar refractivity (Wildman–Crippen MR) is 64.1 cm³/mol. The molecule has 1 aliphatic rings. The van der Waals surface area contributed by atoms with Crippen molar-refractivity contribution in [2.24, 2.45) is 5.92 Å². The minimum atomic E-state index is -0.560. The van der Waals surface area contributed by atoms with Gasteiger partial charge in [-0.2, -0.15) is 0 Å². The van der Waals surface area contributed by atoms with Gasteiger partial charge in [0, 0.05) is 12.6 Å². The highest BCUT2D eigenvalue weighted by molar-refractivity contribution is 5.75. The Morgan fingerprint density at radius 3 is 2.56 bits per heavy atom. The van der Waals surface area contributed by atoms with Crippen LogP contribution in [-0.2, 0) is 19.0 Å². The molecule has 0 aromatic carbocycles. The molecule has 1 amide bonds. The van der Waals surface area contributed by atoms with Gasteiger partial charge in [0.1, 0.15) is 11.5 Å². The summed E-state index contributed by atoms with van der Waals surface area (Å²) in [7, 11) is 1.32. The van der Waals surface area contributed by atoms with Crippen LogP contribution >= 0.6 is 0 Å². The lowest BCUT2D eigenvalue weighted by Gasteiger charge is -2.31. The molecule has 1 saturated heterocycles. The highest BCUT2D eigenvalue weighted by atomic mass is 16.6. The van der Waals surface area contributed by atoms with Crippen LogP contribution in [0.5, 0.6) is 0 Å². The third kappa shape index (κ3) is 4.52. The molecule has 2 unspecified atom stereocenters. The fourth-order valence-electron chi connectivity index (χ4n) is 1.75. The van der Waals surface area contributed by atoms with Crippen LogP contribution in [-0.4, -0.2) is 44.0 Å². The average Bonchev–Trinajstić information content (AvgIpc) is 2.26. The molecule has 0 aromatic heterocycles. The topological polar surface area (TPSA) is 73.9 Å². The Hall–Kier alpha value is -1.30.